The van der Waals surface area contributed by atoms with Gasteiger partial charge in [0.2, 0.25) is 0 Å². The lowest BCUT2D eigenvalue weighted by Crippen LogP contribution is -2.49. The van der Waals surface area contributed by atoms with E-state index in [1.807, 2.05) is 7.05 Å². The van der Waals surface area contributed by atoms with Crippen molar-refractivity contribution in [1.29, 1.82) is 0 Å². The molecule has 5 heteroatoms. The van der Waals surface area contributed by atoms with Crippen LogP contribution in [-0.4, -0.2) is 68.6 Å². The van der Waals surface area contributed by atoms with Crippen LogP contribution in [0.5, 0.6) is 0 Å². The van der Waals surface area contributed by atoms with Crippen molar-refractivity contribution in [3.8, 4) is 0 Å². The monoisotopic (exact) mass is 317 g/mol. The summed E-state index contributed by atoms with van der Waals surface area (Å²) in [6.07, 6.45) is 0. The standard InChI is InChI=1S/C18H31N5/c1-4-22-11-13-23(14-12-22)10-9-20-18(19-3)21-15-17-8-6-5-7-16(17)2/h5-8H,4,9-15H2,1-3H3,(H2,19,20,21). The van der Waals surface area contributed by atoms with Crippen LogP contribution in [0.2, 0.25) is 0 Å². The molecule has 0 aliphatic carbocycles. The van der Waals surface area contributed by atoms with Crippen LogP contribution in [-0.2, 0) is 6.54 Å². The van der Waals surface area contributed by atoms with Crippen molar-refractivity contribution in [2.75, 3.05) is 52.9 Å². The van der Waals surface area contributed by atoms with Crippen molar-refractivity contribution in [3.63, 3.8) is 0 Å². The van der Waals surface area contributed by atoms with E-state index in [1.165, 1.54) is 43.9 Å². The van der Waals surface area contributed by atoms with Crippen molar-refractivity contribution >= 4 is 5.96 Å². The fourth-order valence-electron chi connectivity index (χ4n) is 2.87. The average Bonchev–Trinajstić information content (AvgIpc) is 2.59. The van der Waals surface area contributed by atoms with Gasteiger partial charge in [-0.05, 0) is 24.6 Å². The number of benzene rings is 1. The Labute approximate surface area is 140 Å². The van der Waals surface area contributed by atoms with Gasteiger partial charge in [0.15, 0.2) is 5.96 Å². The van der Waals surface area contributed by atoms with E-state index in [1.54, 1.807) is 0 Å². The summed E-state index contributed by atoms with van der Waals surface area (Å²) in [5, 5.41) is 6.81. The van der Waals surface area contributed by atoms with Crippen LogP contribution in [0.1, 0.15) is 18.1 Å². The molecule has 128 valence electrons. The molecule has 1 aromatic carbocycles. The van der Waals surface area contributed by atoms with Crippen LogP contribution in [0.4, 0.5) is 0 Å². The number of piperazine rings is 1. The largest absolute Gasteiger partial charge is 0.355 e. The summed E-state index contributed by atoms with van der Waals surface area (Å²) in [4.78, 5) is 9.34. The molecule has 23 heavy (non-hydrogen) atoms. The Bertz CT molecular complexity index is 492. The Morgan fingerprint density at radius 2 is 1.78 bits per heavy atom. The molecule has 1 aromatic rings. The topological polar surface area (TPSA) is 42.9 Å². The van der Waals surface area contributed by atoms with E-state index in [2.05, 4.69) is 63.5 Å². The van der Waals surface area contributed by atoms with Crippen LogP contribution >= 0.6 is 0 Å². The number of hydrogen-bond donors (Lipinski definition) is 2. The van der Waals surface area contributed by atoms with Crippen molar-refractivity contribution in [3.05, 3.63) is 35.4 Å². The van der Waals surface area contributed by atoms with Crippen LogP contribution in [0.15, 0.2) is 29.3 Å². The van der Waals surface area contributed by atoms with E-state index in [4.69, 9.17) is 0 Å². The minimum Gasteiger partial charge on any atom is -0.355 e. The predicted molar refractivity (Wildman–Crippen MR) is 97.9 cm³/mol. The summed E-state index contributed by atoms with van der Waals surface area (Å²) in [7, 11) is 1.83. The fourth-order valence-corrected chi connectivity index (χ4v) is 2.87. The third-order valence-electron chi connectivity index (χ3n) is 4.56. The van der Waals surface area contributed by atoms with Gasteiger partial charge in [-0.2, -0.15) is 0 Å². The van der Waals surface area contributed by atoms with Gasteiger partial charge in [0.1, 0.15) is 0 Å². The SMILES string of the molecule is CCN1CCN(CCNC(=NC)NCc2ccccc2C)CC1. The number of aryl methyl sites for hydroxylation is 1. The number of aliphatic imine (C=N–C) groups is 1. The predicted octanol–water partition coefficient (Wildman–Crippen LogP) is 1.30. The summed E-state index contributed by atoms with van der Waals surface area (Å²) in [6.45, 7) is 13.1. The van der Waals surface area contributed by atoms with Gasteiger partial charge < -0.3 is 15.5 Å². The summed E-state index contributed by atoms with van der Waals surface area (Å²) >= 11 is 0. The second kappa shape index (κ2) is 9.53. The zero-order valence-electron chi connectivity index (χ0n) is 14.8. The number of hydrogen-bond acceptors (Lipinski definition) is 3. The molecule has 2 N–H and O–H groups in total. The lowest BCUT2D eigenvalue weighted by Gasteiger charge is -2.34. The fraction of sp³-hybridized carbons (Fsp3) is 0.611. The molecule has 1 aliphatic rings. The smallest absolute Gasteiger partial charge is 0.191 e. The Morgan fingerprint density at radius 1 is 1.09 bits per heavy atom. The van der Waals surface area contributed by atoms with Gasteiger partial charge in [0, 0.05) is 52.9 Å². The molecule has 1 heterocycles. The minimum absolute atomic E-state index is 0.807. The Kier molecular flexibility index (Phi) is 7.36. The van der Waals surface area contributed by atoms with Gasteiger partial charge in [0.25, 0.3) is 0 Å². The quantitative estimate of drug-likeness (QED) is 0.613. The maximum atomic E-state index is 4.31. The van der Waals surface area contributed by atoms with Gasteiger partial charge in [0.05, 0.1) is 0 Å². The molecule has 1 saturated heterocycles. The summed E-state index contributed by atoms with van der Waals surface area (Å²) in [6, 6.07) is 8.45. The van der Waals surface area contributed by atoms with E-state index < -0.39 is 0 Å². The van der Waals surface area contributed by atoms with E-state index >= 15 is 0 Å². The lowest BCUT2D eigenvalue weighted by molar-refractivity contribution is 0.139. The first-order valence-electron chi connectivity index (χ1n) is 8.66. The van der Waals surface area contributed by atoms with E-state index in [0.717, 1.165) is 25.6 Å². The molecule has 5 nitrogen and oxygen atoms in total. The maximum absolute atomic E-state index is 4.31. The Balaban J connectivity index is 1.67. The van der Waals surface area contributed by atoms with Crippen LogP contribution in [0.3, 0.4) is 0 Å². The molecule has 0 atom stereocenters. The molecule has 0 aromatic heterocycles. The molecular formula is C18H31N5. The Morgan fingerprint density at radius 3 is 2.43 bits per heavy atom. The highest BCUT2D eigenvalue weighted by atomic mass is 15.3. The maximum Gasteiger partial charge on any atom is 0.191 e. The number of rotatable bonds is 6. The minimum atomic E-state index is 0.807. The second-order valence-electron chi connectivity index (χ2n) is 6.05. The van der Waals surface area contributed by atoms with Gasteiger partial charge in [-0.3, -0.25) is 9.89 Å². The third kappa shape index (κ3) is 5.84. The van der Waals surface area contributed by atoms with Crippen molar-refractivity contribution in [2.24, 2.45) is 4.99 Å². The zero-order valence-corrected chi connectivity index (χ0v) is 14.8. The van der Waals surface area contributed by atoms with Gasteiger partial charge >= 0.3 is 0 Å². The van der Waals surface area contributed by atoms with Crippen LogP contribution in [0.25, 0.3) is 0 Å². The number of likely N-dealkylation sites (N-methyl/N-ethyl adjacent to an activating group) is 1. The first-order valence-corrected chi connectivity index (χ1v) is 8.66. The van der Waals surface area contributed by atoms with Gasteiger partial charge in [-0.25, -0.2) is 0 Å². The second-order valence-corrected chi connectivity index (χ2v) is 6.05. The molecule has 0 unspecified atom stereocenters. The molecule has 0 saturated carbocycles. The van der Waals surface area contributed by atoms with E-state index in [-0.39, 0.29) is 0 Å². The molecule has 2 rings (SSSR count). The summed E-state index contributed by atoms with van der Waals surface area (Å²) in [5.74, 6) is 0.875. The number of guanidine groups is 1. The first kappa shape index (κ1) is 17.8. The number of nitrogens with zero attached hydrogens (tertiary/aromatic N) is 3. The number of nitrogens with one attached hydrogen (secondary N) is 2. The lowest BCUT2D eigenvalue weighted by atomic mass is 10.1. The first-order chi connectivity index (χ1) is 11.2. The van der Waals surface area contributed by atoms with Gasteiger partial charge in [-0.15, -0.1) is 0 Å². The Hall–Kier alpha value is -1.59. The summed E-state index contributed by atoms with van der Waals surface area (Å²) < 4.78 is 0. The van der Waals surface area contributed by atoms with Gasteiger partial charge in [-0.1, -0.05) is 31.2 Å². The van der Waals surface area contributed by atoms with E-state index in [0.29, 0.717) is 0 Å². The summed E-state index contributed by atoms with van der Waals surface area (Å²) in [5.41, 5.74) is 2.62. The highest BCUT2D eigenvalue weighted by Gasteiger charge is 2.14. The molecule has 0 radical (unpaired) electrons. The van der Waals surface area contributed by atoms with Crippen LogP contribution in [0, 0.1) is 6.92 Å². The van der Waals surface area contributed by atoms with Crippen molar-refractivity contribution in [2.45, 2.75) is 20.4 Å². The molecule has 1 fully saturated rings. The normalized spacial score (nSPS) is 17.3. The molecule has 0 spiro atoms. The highest BCUT2D eigenvalue weighted by Crippen LogP contribution is 2.05. The van der Waals surface area contributed by atoms with Crippen molar-refractivity contribution in [1.82, 2.24) is 20.4 Å². The molecule has 0 amide bonds. The van der Waals surface area contributed by atoms with Crippen LogP contribution < -0.4 is 10.6 Å². The average molecular weight is 317 g/mol. The highest BCUT2D eigenvalue weighted by molar-refractivity contribution is 5.79. The molecule has 0 bridgehead atoms. The molecular weight excluding hydrogens is 286 g/mol. The third-order valence-corrected chi connectivity index (χ3v) is 4.56. The molecule has 1 aliphatic heterocycles. The van der Waals surface area contributed by atoms with Crippen molar-refractivity contribution < 1.29 is 0 Å². The van der Waals surface area contributed by atoms with E-state index in [9.17, 15) is 0 Å². The zero-order chi connectivity index (χ0) is 16.5.